The Morgan fingerprint density at radius 2 is 2.08 bits per heavy atom. The van der Waals surface area contributed by atoms with Gasteiger partial charge in [0.25, 0.3) is 5.69 Å². The number of nitro benzene ring substituents is 1. The molecule has 6 heteroatoms. The van der Waals surface area contributed by atoms with Crippen LogP contribution < -0.4 is 5.73 Å². The van der Waals surface area contributed by atoms with E-state index in [2.05, 4.69) is 15.9 Å². The molecular weight excluding hydrogens is 235 g/mol. The van der Waals surface area contributed by atoms with Crippen LogP contribution in [-0.2, 0) is 0 Å². The third kappa shape index (κ3) is 2.75. The number of halogens is 1. The van der Waals surface area contributed by atoms with Crippen molar-refractivity contribution in [1.82, 2.24) is 0 Å². The van der Waals surface area contributed by atoms with E-state index in [0.717, 1.165) is 0 Å². The molecule has 0 aromatic heterocycles. The van der Waals surface area contributed by atoms with Crippen LogP contribution in [0.2, 0.25) is 0 Å². The molecule has 4 nitrogen and oxygen atoms in total. The van der Waals surface area contributed by atoms with Crippen molar-refractivity contribution in [2.45, 2.75) is 0 Å². The molecule has 0 saturated heterocycles. The summed E-state index contributed by atoms with van der Waals surface area (Å²) in [4.78, 5) is 9.76. The van der Waals surface area contributed by atoms with E-state index in [1.165, 1.54) is 12.1 Å². The van der Waals surface area contributed by atoms with Crippen LogP contribution in [-0.4, -0.2) is 34.5 Å². The van der Waals surface area contributed by atoms with Gasteiger partial charge in [0.05, 0.1) is 4.92 Å². The van der Waals surface area contributed by atoms with Gasteiger partial charge in [0, 0.05) is 10.5 Å². The van der Waals surface area contributed by atoms with Gasteiger partial charge in [-0.2, -0.15) is 0 Å². The van der Waals surface area contributed by atoms with Crippen molar-refractivity contribution in [3.05, 3.63) is 32.8 Å². The second kappa shape index (κ2) is 4.81. The van der Waals surface area contributed by atoms with Crippen molar-refractivity contribution in [2.75, 3.05) is 5.73 Å². The second-order valence-corrected chi connectivity index (χ2v) is 2.88. The van der Waals surface area contributed by atoms with E-state index < -0.39 is 4.92 Å². The fraction of sp³-hybridized carbons (Fsp3) is 0. The summed E-state index contributed by atoms with van der Waals surface area (Å²) in [6, 6.07) is 4.51. The van der Waals surface area contributed by atoms with Gasteiger partial charge in [-0.05, 0) is 12.1 Å². The van der Waals surface area contributed by atoms with Crippen LogP contribution in [0.4, 0.5) is 11.4 Å². The predicted octanol–water partition coefficient (Wildman–Crippen LogP) is 1.29. The van der Waals surface area contributed by atoms with Gasteiger partial charge >= 0.3 is 29.6 Å². The van der Waals surface area contributed by atoms with Crippen LogP contribution in [0, 0.1) is 10.1 Å². The Kier molecular flexibility index (Phi) is 4.77. The third-order valence-corrected chi connectivity index (χ3v) is 1.68. The number of rotatable bonds is 1. The number of benzene rings is 1. The molecule has 60 valence electrons. The molecule has 0 aliphatic carbocycles. The average molecular weight is 241 g/mol. The van der Waals surface area contributed by atoms with Gasteiger partial charge in [-0.25, -0.2) is 0 Å². The molecule has 0 spiro atoms. The van der Waals surface area contributed by atoms with E-state index in [1.54, 1.807) is 6.07 Å². The van der Waals surface area contributed by atoms with Crippen LogP contribution in [0.1, 0.15) is 0 Å². The molecule has 1 rings (SSSR count). The van der Waals surface area contributed by atoms with Gasteiger partial charge < -0.3 is 5.73 Å². The number of nitrogens with zero attached hydrogens (tertiary/aromatic N) is 1. The molecule has 12 heavy (non-hydrogen) atoms. The Labute approximate surface area is 99.7 Å². The Morgan fingerprint density at radius 3 is 2.50 bits per heavy atom. The Hall–Kier alpha value is -0.100. The maximum atomic E-state index is 10.3. The van der Waals surface area contributed by atoms with Crippen LogP contribution in [0.5, 0.6) is 0 Å². The van der Waals surface area contributed by atoms with Crippen LogP contribution in [0.25, 0.3) is 0 Å². The minimum absolute atomic E-state index is 0. The Morgan fingerprint density at radius 1 is 1.50 bits per heavy atom. The molecule has 0 aliphatic heterocycles. The molecule has 0 atom stereocenters. The zero-order chi connectivity index (χ0) is 8.43. The van der Waals surface area contributed by atoms with Crippen molar-refractivity contribution in [2.24, 2.45) is 0 Å². The van der Waals surface area contributed by atoms with E-state index >= 15 is 0 Å². The standard InChI is InChI=1S/C6H5BrN2O2.Na.H/c7-4-1-2-5(8)6(3-4)9(10)11;;/h1-3H,8H2;;. The van der Waals surface area contributed by atoms with Crippen molar-refractivity contribution in [3.8, 4) is 0 Å². The molecule has 0 aliphatic rings. The molecule has 0 unspecified atom stereocenters. The first-order valence-corrected chi connectivity index (χ1v) is 3.60. The average Bonchev–Trinajstić information content (AvgIpc) is 1.94. The predicted molar refractivity (Wildman–Crippen MR) is 52.4 cm³/mol. The molecule has 2 N–H and O–H groups in total. The second-order valence-electron chi connectivity index (χ2n) is 1.96. The van der Waals surface area contributed by atoms with Gasteiger partial charge in [-0.3, -0.25) is 10.1 Å². The molecule has 0 heterocycles. The number of hydrogen-bond acceptors (Lipinski definition) is 3. The van der Waals surface area contributed by atoms with Crippen LogP contribution in [0.15, 0.2) is 22.7 Å². The number of hydrogen-bond donors (Lipinski definition) is 1. The van der Waals surface area contributed by atoms with Gasteiger partial charge in [0.15, 0.2) is 0 Å². The minimum atomic E-state index is -0.514. The monoisotopic (exact) mass is 240 g/mol. The molecular formula is C6H6BrN2NaO2. The van der Waals surface area contributed by atoms with E-state index in [-0.39, 0.29) is 40.9 Å². The first-order chi connectivity index (χ1) is 5.11. The summed E-state index contributed by atoms with van der Waals surface area (Å²) >= 11 is 3.10. The maximum absolute atomic E-state index is 10.3. The normalized spacial score (nSPS) is 8.75. The molecule has 1 aromatic carbocycles. The third-order valence-electron chi connectivity index (χ3n) is 1.19. The van der Waals surface area contributed by atoms with Crippen LogP contribution in [0.3, 0.4) is 0 Å². The summed E-state index contributed by atoms with van der Waals surface area (Å²) < 4.78 is 0.651. The van der Waals surface area contributed by atoms with Gasteiger partial charge in [0.2, 0.25) is 0 Å². The quantitative estimate of drug-likeness (QED) is 0.348. The number of nitrogens with two attached hydrogens (primary N) is 1. The SMILES string of the molecule is Nc1ccc(Br)cc1[N+](=O)[O-].[NaH]. The summed E-state index contributed by atoms with van der Waals surface area (Å²) in [5.41, 5.74) is 5.44. The number of nitro groups is 1. The zero-order valence-corrected chi connectivity index (χ0v) is 7.04. The first-order valence-electron chi connectivity index (χ1n) is 2.80. The summed E-state index contributed by atoms with van der Waals surface area (Å²) in [6.07, 6.45) is 0. The Bertz CT molecular complexity index is 306. The molecule has 0 radical (unpaired) electrons. The van der Waals surface area contributed by atoms with Gasteiger partial charge in [-0.15, -0.1) is 0 Å². The first kappa shape index (κ1) is 11.9. The summed E-state index contributed by atoms with van der Waals surface area (Å²) in [5, 5.41) is 10.3. The molecule has 0 fully saturated rings. The van der Waals surface area contributed by atoms with Crippen molar-refractivity contribution < 1.29 is 4.92 Å². The zero-order valence-electron chi connectivity index (χ0n) is 5.45. The number of anilines is 1. The molecule has 1 aromatic rings. The number of nitrogen functional groups attached to an aromatic ring is 1. The fourth-order valence-electron chi connectivity index (χ4n) is 0.675. The molecule has 0 amide bonds. The van der Waals surface area contributed by atoms with Gasteiger partial charge in [0.1, 0.15) is 5.69 Å². The summed E-state index contributed by atoms with van der Waals surface area (Å²) in [5.74, 6) is 0. The van der Waals surface area contributed by atoms with Crippen LogP contribution >= 0.6 is 15.9 Å². The molecule has 0 bridgehead atoms. The van der Waals surface area contributed by atoms with E-state index in [4.69, 9.17) is 5.73 Å². The summed E-state index contributed by atoms with van der Waals surface area (Å²) in [7, 11) is 0. The van der Waals surface area contributed by atoms with E-state index in [9.17, 15) is 10.1 Å². The Balaban J connectivity index is 0.00000121. The molecule has 0 saturated carbocycles. The summed E-state index contributed by atoms with van der Waals surface area (Å²) in [6.45, 7) is 0. The van der Waals surface area contributed by atoms with E-state index in [0.29, 0.717) is 4.47 Å². The van der Waals surface area contributed by atoms with Crippen molar-refractivity contribution in [3.63, 3.8) is 0 Å². The van der Waals surface area contributed by atoms with Gasteiger partial charge in [-0.1, -0.05) is 15.9 Å². The van der Waals surface area contributed by atoms with Crippen molar-refractivity contribution in [1.29, 1.82) is 0 Å². The van der Waals surface area contributed by atoms with Crippen molar-refractivity contribution >= 4 is 56.9 Å². The van der Waals surface area contributed by atoms with E-state index in [1.807, 2.05) is 0 Å². The fourth-order valence-corrected chi connectivity index (χ4v) is 1.02. The topological polar surface area (TPSA) is 69.2 Å².